The third-order valence-electron chi connectivity index (χ3n) is 7.13. The molecule has 0 aliphatic heterocycles. The van der Waals surface area contributed by atoms with Gasteiger partial charge in [-0.15, -0.1) is 0 Å². The van der Waals surface area contributed by atoms with Crippen LogP contribution in [0.1, 0.15) is 27.8 Å². The van der Waals surface area contributed by atoms with E-state index in [4.69, 9.17) is 0 Å². The van der Waals surface area contributed by atoms with Crippen LogP contribution in [0.15, 0.2) is 157 Å². The Labute approximate surface area is 218 Å². The van der Waals surface area contributed by atoms with Crippen molar-refractivity contribution in [2.75, 3.05) is 0 Å². The van der Waals surface area contributed by atoms with Crippen molar-refractivity contribution in [3.8, 4) is 0 Å². The van der Waals surface area contributed by atoms with Gasteiger partial charge in [0.2, 0.25) is 0 Å². The van der Waals surface area contributed by atoms with Gasteiger partial charge in [0.25, 0.3) is 0 Å². The van der Waals surface area contributed by atoms with E-state index < -0.39 is 5.60 Å². The van der Waals surface area contributed by atoms with E-state index in [-0.39, 0.29) is 0 Å². The SMILES string of the molecule is OC1(Cc2ccccc2)C(=C(c2ccccc2)c2ccccc2)C(c2ccccc2)=C1c1ccccc1. The van der Waals surface area contributed by atoms with Crippen molar-refractivity contribution >= 4 is 16.7 Å². The van der Waals surface area contributed by atoms with Gasteiger partial charge in [0.15, 0.2) is 0 Å². The zero-order chi connectivity index (χ0) is 25.1. The van der Waals surface area contributed by atoms with E-state index >= 15 is 0 Å². The number of benzene rings is 5. The van der Waals surface area contributed by atoms with Crippen LogP contribution in [0.3, 0.4) is 0 Å². The van der Waals surface area contributed by atoms with Crippen LogP contribution in [0, 0.1) is 0 Å². The lowest BCUT2D eigenvalue weighted by molar-refractivity contribution is 0.137. The standard InChI is InChI=1S/C36H28O/c37-36(26-27-16-6-1-7-17-27)34(31-24-14-5-15-25-31)33(30-22-12-4-13-23-30)35(36)32(28-18-8-2-9-19-28)29-20-10-3-11-21-29/h1-25,37H,26H2. The Kier molecular flexibility index (Phi) is 6.14. The fourth-order valence-electron chi connectivity index (χ4n) is 5.55. The molecule has 1 aliphatic carbocycles. The van der Waals surface area contributed by atoms with Crippen molar-refractivity contribution in [1.29, 1.82) is 0 Å². The number of rotatable bonds is 6. The van der Waals surface area contributed by atoms with Gasteiger partial charge >= 0.3 is 0 Å². The van der Waals surface area contributed by atoms with Crippen molar-refractivity contribution in [3.05, 3.63) is 185 Å². The van der Waals surface area contributed by atoms with E-state index in [1.807, 2.05) is 54.6 Å². The quantitative estimate of drug-likeness (QED) is 0.263. The molecule has 0 saturated heterocycles. The topological polar surface area (TPSA) is 20.2 Å². The summed E-state index contributed by atoms with van der Waals surface area (Å²) in [6.07, 6.45) is 0.493. The summed E-state index contributed by atoms with van der Waals surface area (Å²) >= 11 is 0. The summed E-state index contributed by atoms with van der Waals surface area (Å²) in [6.45, 7) is 0. The molecule has 1 heteroatoms. The average Bonchev–Trinajstić information content (AvgIpc) is 2.97. The molecule has 1 aliphatic rings. The summed E-state index contributed by atoms with van der Waals surface area (Å²) in [5.74, 6) is 0. The van der Waals surface area contributed by atoms with Gasteiger partial charge in [-0.25, -0.2) is 0 Å². The van der Waals surface area contributed by atoms with Gasteiger partial charge in [0, 0.05) is 17.6 Å². The molecule has 1 N–H and O–H groups in total. The van der Waals surface area contributed by atoms with Gasteiger partial charge in [0.1, 0.15) is 5.60 Å². The van der Waals surface area contributed by atoms with Gasteiger partial charge < -0.3 is 5.11 Å². The highest BCUT2D eigenvalue weighted by Gasteiger charge is 2.51. The first kappa shape index (κ1) is 23.0. The summed E-state index contributed by atoms with van der Waals surface area (Å²) < 4.78 is 0. The minimum absolute atomic E-state index is 0.493. The zero-order valence-corrected chi connectivity index (χ0v) is 20.6. The van der Waals surface area contributed by atoms with Crippen LogP contribution in [0.2, 0.25) is 0 Å². The summed E-state index contributed by atoms with van der Waals surface area (Å²) in [4.78, 5) is 0. The number of hydrogen-bond donors (Lipinski definition) is 1. The molecule has 0 heterocycles. The molecule has 5 aromatic carbocycles. The Morgan fingerprint density at radius 2 is 0.892 bits per heavy atom. The lowest BCUT2D eigenvalue weighted by Gasteiger charge is -2.47. The van der Waals surface area contributed by atoms with Crippen LogP contribution in [0.4, 0.5) is 0 Å². The Morgan fingerprint density at radius 3 is 1.38 bits per heavy atom. The molecular weight excluding hydrogens is 448 g/mol. The van der Waals surface area contributed by atoms with Crippen molar-refractivity contribution in [2.24, 2.45) is 0 Å². The number of hydrogen-bond acceptors (Lipinski definition) is 1. The average molecular weight is 477 g/mol. The van der Waals surface area contributed by atoms with E-state index in [2.05, 4.69) is 97.1 Å². The minimum atomic E-state index is -1.17. The Bertz CT molecular complexity index is 1510. The molecule has 0 saturated carbocycles. The van der Waals surface area contributed by atoms with E-state index in [0.717, 1.165) is 50.1 Å². The van der Waals surface area contributed by atoms with Crippen molar-refractivity contribution in [3.63, 3.8) is 0 Å². The molecule has 6 rings (SSSR count). The maximum Gasteiger partial charge on any atom is 0.121 e. The molecule has 1 unspecified atom stereocenters. The van der Waals surface area contributed by atoms with Crippen LogP contribution in [0.25, 0.3) is 16.7 Å². The monoisotopic (exact) mass is 476 g/mol. The molecule has 0 amide bonds. The van der Waals surface area contributed by atoms with Crippen molar-refractivity contribution < 1.29 is 5.11 Å². The maximum atomic E-state index is 12.8. The fraction of sp³-hybridized carbons (Fsp3) is 0.0556. The third kappa shape index (κ3) is 4.24. The summed E-state index contributed by atoms with van der Waals surface area (Å²) in [5.41, 5.74) is 8.39. The van der Waals surface area contributed by atoms with E-state index in [1.165, 1.54) is 0 Å². The molecule has 0 bridgehead atoms. The molecule has 178 valence electrons. The van der Waals surface area contributed by atoms with E-state index in [9.17, 15) is 5.11 Å². The van der Waals surface area contributed by atoms with Crippen LogP contribution in [-0.4, -0.2) is 10.7 Å². The lowest BCUT2D eigenvalue weighted by Crippen LogP contribution is -2.45. The lowest BCUT2D eigenvalue weighted by atomic mass is 9.59. The molecule has 5 aromatic rings. The molecule has 37 heavy (non-hydrogen) atoms. The molecule has 0 fully saturated rings. The van der Waals surface area contributed by atoms with E-state index in [0.29, 0.717) is 6.42 Å². The Balaban J connectivity index is 1.73. The van der Waals surface area contributed by atoms with Crippen LogP contribution < -0.4 is 0 Å². The summed E-state index contributed by atoms with van der Waals surface area (Å²) in [5, 5.41) is 12.8. The highest BCUT2D eigenvalue weighted by Crippen LogP contribution is 2.58. The van der Waals surface area contributed by atoms with Crippen LogP contribution >= 0.6 is 0 Å². The second kappa shape index (κ2) is 9.89. The second-order valence-electron chi connectivity index (χ2n) is 9.49. The maximum absolute atomic E-state index is 12.8. The van der Waals surface area contributed by atoms with Gasteiger partial charge in [0.05, 0.1) is 0 Å². The molecule has 0 radical (unpaired) electrons. The third-order valence-corrected chi connectivity index (χ3v) is 7.13. The predicted molar refractivity (Wildman–Crippen MR) is 154 cm³/mol. The minimum Gasteiger partial charge on any atom is -0.380 e. The first-order valence-electron chi connectivity index (χ1n) is 12.7. The molecule has 1 atom stereocenters. The highest BCUT2D eigenvalue weighted by atomic mass is 16.3. The highest BCUT2D eigenvalue weighted by molar-refractivity contribution is 6.17. The molecule has 1 nitrogen and oxygen atoms in total. The molecular formula is C36H28O. The van der Waals surface area contributed by atoms with Crippen LogP contribution in [-0.2, 0) is 6.42 Å². The largest absolute Gasteiger partial charge is 0.380 e. The van der Waals surface area contributed by atoms with Crippen molar-refractivity contribution in [2.45, 2.75) is 12.0 Å². The summed E-state index contributed by atoms with van der Waals surface area (Å²) in [7, 11) is 0. The first-order valence-corrected chi connectivity index (χ1v) is 12.7. The Morgan fingerprint density at radius 1 is 0.486 bits per heavy atom. The van der Waals surface area contributed by atoms with Gasteiger partial charge in [-0.2, -0.15) is 0 Å². The normalized spacial score (nSPS) is 16.8. The number of aliphatic hydroxyl groups is 1. The zero-order valence-electron chi connectivity index (χ0n) is 20.6. The van der Waals surface area contributed by atoms with Gasteiger partial charge in [-0.3, -0.25) is 0 Å². The van der Waals surface area contributed by atoms with E-state index in [1.54, 1.807) is 0 Å². The Hall–Kier alpha value is -4.46. The molecule has 0 aromatic heterocycles. The predicted octanol–water partition coefficient (Wildman–Crippen LogP) is 8.09. The first-order chi connectivity index (χ1) is 18.3. The van der Waals surface area contributed by atoms with Gasteiger partial charge in [-0.05, 0) is 39.0 Å². The van der Waals surface area contributed by atoms with Gasteiger partial charge in [-0.1, -0.05) is 152 Å². The van der Waals surface area contributed by atoms with Crippen molar-refractivity contribution in [1.82, 2.24) is 0 Å². The smallest absolute Gasteiger partial charge is 0.121 e. The summed E-state index contributed by atoms with van der Waals surface area (Å²) in [6, 6.07) is 52.0. The fourth-order valence-corrected chi connectivity index (χ4v) is 5.55. The second-order valence-corrected chi connectivity index (χ2v) is 9.49. The molecule has 0 spiro atoms. The van der Waals surface area contributed by atoms with Crippen LogP contribution in [0.5, 0.6) is 0 Å².